The fourth-order valence-corrected chi connectivity index (χ4v) is 9.99. The summed E-state index contributed by atoms with van der Waals surface area (Å²) in [5.74, 6) is -4.97. The number of hydrogen-bond donors (Lipinski definition) is 1. The van der Waals surface area contributed by atoms with Crippen molar-refractivity contribution in [2.45, 2.75) is 31.1 Å². The number of aromatic hydroxyl groups is 1. The van der Waals surface area contributed by atoms with Crippen LogP contribution in [-0.4, -0.2) is 35.8 Å². The molecule has 4 aromatic carbocycles. The number of ether oxygens (including phenoxy) is 1. The zero-order chi connectivity index (χ0) is 35.9. The predicted molar refractivity (Wildman–Crippen MR) is 202 cm³/mol. The summed E-state index contributed by atoms with van der Waals surface area (Å²) in [7, 11) is 1.46. The number of anilines is 2. The van der Waals surface area contributed by atoms with Crippen LogP contribution in [0.3, 0.4) is 0 Å². The lowest BCUT2D eigenvalue weighted by Crippen LogP contribution is -2.53. The van der Waals surface area contributed by atoms with Gasteiger partial charge in [-0.2, -0.15) is 0 Å². The fourth-order valence-electron chi connectivity index (χ4n) is 9.01. The van der Waals surface area contributed by atoms with Crippen molar-refractivity contribution >= 4 is 80.8 Å². The molecule has 2 saturated heterocycles. The van der Waals surface area contributed by atoms with Crippen molar-refractivity contribution in [2.75, 3.05) is 16.9 Å². The Morgan fingerprint density at radius 3 is 2.29 bits per heavy atom. The summed E-state index contributed by atoms with van der Waals surface area (Å²) in [6, 6.07) is 24.6. The van der Waals surface area contributed by atoms with E-state index in [2.05, 4.69) is 0 Å². The van der Waals surface area contributed by atoms with Crippen LogP contribution >= 0.6 is 45.8 Å². The predicted octanol–water partition coefficient (Wildman–Crippen LogP) is 7.99. The monoisotopic (exact) mass is 832 g/mol. The number of benzene rings is 4. The van der Waals surface area contributed by atoms with Crippen LogP contribution < -0.4 is 14.5 Å². The Morgan fingerprint density at radius 1 is 0.843 bits per heavy atom. The number of phenols is 1. The minimum absolute atomic E-state index is 0.0458. The van der Waals surface area contributed by atoms with Gasteiger partial charge < -0.3 is 9.84 Å². The molecule has 6 unspecified atom stereocenters. The van der Waals surface area contributed by atoms with Gasteiger partial charge in [-0.05, 0) is 107 Å². The Morgan fingerprint density at radius 2 is 1.59 bits per heavy atom. The molecule has 1 N–H and O–H groups in total. The summed E-state index contributed by atoms with van der Waals surface area (Å²) in [4.78, 5) is 61.4. The Bertz CT molecular complexity index is 2210. The van der Waals surface area contributed by atoms with E-state index in [1.807, 2.05) is 72.0 Å². The molecule has 4 amide bonds. The summed E-state index contributed by atoms with van der Waals surface area (Å²) in [5, 5.41) is 11.7. The van der Waals surface area contributed by atoms with Gasteiger partial charge >= 0.3 is 0 Å². The van der Waals surface area contributed by atoms with Gasteiger partial charge in [0.2, 0.25) is 23.6 Å². The smallest absolute Gasteiger partial charge is 0.246 e. The minimum atomic E-state index is -1.45. The van der Waals surface area contributed by atoms with Crippen LogP contribution in [0, 0.1) is 34.2 Å². The second kappa shape index (κ2) is 12.5. The number of carbonyl (C=O) groups excluding carboxylic acids is 4. The van der Waals surface area contributed by atoms with Gasteiger partial charge in [0.1, 0.15) is 0 Å². The number of rotatable bonds is 5. The van der Waals surface area contributed by atoms with E-state index in [4.69, 9.17) is 27.9 Å². The van der Waals surface area contributed by atoms with Crippen molar-refractivity contribution < 1.29 is 29.0 Å². The lowest BCUT2D eigenvalue weighted by molar-refractivity contribution is -0.127. The average Bonchev–Trinajstić information content (AvgIpc) is 3.51. The molecule has 8 rings (SSSR count). The molecule has 258 valence electrons. The van der Waals surface area contributed by atoms with E-state index >= 15 is 4.79 Å². The highest BCUT2D eigenvalue weighted by atomic mass is 127. The lowest BCUT2D eigenvalue weighted by atomic mass is 9.49. The van der Waals surface area contributed by atoms with Gasteiger partial charge in [0, 0.05) is 16.0 Å². The first-order valence-corrected chi connectivity index (χ1v) is 18.4. The topological polar surface area (TPSA) is 104 Å². The zero-order valence-corrected chi connectivity index (χ0v) is 31.1. The number of phenolic OH excluding ortho intramolecular Hbond substituents is 1. The molecule has 4 aliphatic rings. The normalized spacial score (nSPS) is 26.9. The van der Waals surface area contributed by atoms with Crippen molar-refractivity contribution in [3.63, 3.8) is 0 Å². The van der Waals surface area contributed by atoms with E-state index in [-0.39, 0.29) is 36.2 Å². The molecule has 0 radical (unpaired) electrons. The number of hydrogen-bond acceptors (Lipinski definition) is 6. The molecule has 11 heteroatoms. The van der Waals surface area contributed by atoms with Gasteiger partial charge in [0.05, 0.1) is 45.2 Å². The van der Waals surface area contributed by atoms with Crippen LogP contribution in [0.5, 0.6) is 11.5 Å². The van der Waals surface area contributed by atoms with E-state index in [9.17, 15) is 19.5 Å². The van der Waals surface area contributed by atoms with Crippen LogP contribution in [0.15, 0.2) is 96.6 Å². The zero-order valence-electron chi connectivity index (χ0n) is 27.5. The Labute approximate surface area is 318 Å². The van der Waals surface area contributed by atoms with Crippen LogP contribution in [0.2, 0.25) is 10.0 Å². The first-order valence-electron chi connectivity index (χ1n) is 16.6. The molecular weight excluding hydrogens is 802 g/mol. The summed E-state index contributed by atoms with van der Waals surface area (Å²) in [5.41, 5.74) is 2.22. The van der Waals surface area contributed by atoms with Gasteiger partial charge in [-0.3, -0.25) is 19.2 Å². The Kier molecular flexibility index (Phi) is 8.31. The van der Waals surface area contributed by atoms with Crippen molar-refractivity contribution in [3.05, 3.63) is 127 Å². The van der Waals surface area contributed by atoms with Crippen molar-refractivity contribution in [1.82, 2.24) is 0 Å². The van der Waals surface area contributed by atoms with Crippen LogP contribution in [0.25, 0.3) is 0 Å². The molecule has 3 fully saturated rings. The van der Waals surface area contributed by atoms with E-state index in [1.54, 1.807) is 48.5 Å². The standard InChI is InChI=1S/C40H31Cl2IN2O6/c1-20-11-12-25(18-30(20)42)44-36(47)27-14-13-26-28(33(27)38(44)49)19-29-37(48)45(24-10-6-9-23(41)17-24)39(50)40(29,22-7-4-3-5-8-22)34(26)21-15-31(43)35(46)32(16-21)51-2/h3-13,15-18,27-29,33-34,46H,14,19H2,1-2H3. The highest BCUT2D eigenvalue weighted by Gasteiger charge is 2.70. The highest BCUT2D eigenvalue weighted by Crippen LogP contribution is 2.65. The Hall–Kier alpha value is -4.19. The summed E-state index contributed by atoms with van der Waals surface area (Å²) >= 11 is 14.9. The summed E-state index contributed by atoms with van der Waals surface area (Å²) < 4.78 is 6.11. The first-order chi connectivity index (χ1) is 24.5. The van der Waals surface area contributed by atoms with Gasteiger partial charge in [0.15, 0.2) is 11.5 Å². The largest absolute Gasteiger partial charge is 0.504 e. The maximum absolute atomic E-state index is 15.4. The first kappa shape index (κ1) is 33.9. The second-order valence-electron chi connectivity index (χ2n) is 13.6. The number of carbonyl (C=O) groups is 4. The second-order valence-corrected chi connectivity index (χ2v) is 15.6. The third-order valence-electron chi connectivity index (χ3n) is 11.2. The molecular formula is C40H31Cl2IN2O6. The van der Waals surface area contributed by atoms with Crippen LogP contribution in [-0.2, 0) is 24.6 Å². The molecule has 4 aromatic rings. The van der Waals surface area contributed by atoms with Crippen LogP contribution in [0.4, 0.5) is 11.4 Å². The molecule has 0 spiro atoms. The van der Waals surface area contributed by atoms with E-state index in [0.29, 0.717) is 36.1 Å². The summed E-state index contributed by atoms with van der Waals surface area (Å²) in [6.45, 7) is 1.85. The SMILES string of the molecule is COc1cc(C2C3=CCC4C(=O)N(c5ccc(C)c(Cl)c5)C(=O)C4C3CC3C(=O)N(c4cccc(Cl)c4)C(=O)C32c2ccccc2)cc(I)c1O. The third kappa shape index (κ3) is 4.91. The number of allylic oxidation sites excluding steroid dienone is 2. The number of halogens is 3. The highest BCUT2D eigenvalue weighted by molar-refractivity contribution is 14.1. The number of fused-ring (bicyclic) bond motifs is 4. The number of methoxy groups -OCH3 is 1. The van der Waals surface area contributed by atoms with Crippen molar-refractivity contribution in [1.29, 1.82) is 0 Å². The lowest BCUT2D eigenvalue weighted by Gasteiger charge is -2.50. The quantitative estimate of drug-likeness (QED) is 0.124. The molecule has 1 saturated carbocycles. The third-order valence-corrected chi connectivity index (χ3v) is 12.6. The van der Waals surface area contributed by atoms with Gasteiger partial charge in [-0.15, -0.1) is 0 Å². The molecule has 2 aliphatic carbocycles. The van der Waals surface area contributed by atoms with Crippen LogP contribution in [0.1, 0.15) is 35.4 Å². The van der Waals surface area contributed by atoms with Crippen molar-refractivity contribution in [2.24, 2.45) is 23.7 Å². The van der Waals surface area contributed by atoms with Gasteiger partial charge in [0.25, 0.3) is 0 Å². The molecule has 0 aromatic heterocycles. The maximum atomic E-state index is 15.4. The molecule has 2 heterocycles. The number of aryl methyl sites for hydroxylation is 1. The summed E-state index contributed by atoms with van der Waals surface area (Å²) in [6.07, 6.45) is 2.43. The average molecular weight is 834 g/mol. The number of imide groups is 2. The Balaban J connectivity index is 1.37. The fraction of sp³-hybridized carbons (Fsp3) is 0.250. The molecule has 8 nitrogen and oxygen atoms in total. The van der Waals surface area contributed by atoms with Gasteiger partial charge in [-0.25, -0.2) is 9.80 Å². The molecule has 51 heavy (non-hydrogen) atoms. The van der Waals surface area contributed by atoms with E-state index in [1.165, 1.54) is 16.9 Å². The molecule has 0 bridgehead atoms. The molecule has 6 atom stereocenters. The molecule has 2 aliphatic heterocycles. The van der Waals surface area contributed by atoms with Gasteiger partial charge in [-0.1, -0.05) is 77.3 Å². The number of nitrogens with zero attached hydrogens (tertiary/aromatic N) is 2. The van der Waals surface area contributed by atoms with Crippen molar-refractivity contribution in [3.8, 4) is 11.5 Å². The van der Waals surface area contributed by atoms with E-state index in [0.717, 1.165) is 11.1 Å². The van der Waals surface area contributed by atoms with E-state index < -0.39 is 46.8 Å². The maximum Gasteiger partial charge on any atom is 0.246 e. The number of amides is 4. The minimum Gasteiger partial charge on any atom is -0.504 e.